The topological polar surface area (TPSA) is 53.5 Å². The van der Waals surface area contributed by atoms with E-state index in [1.807, 2.05) is 27.7 Å². The van der Waals surface area contributed by atoms with Crippen LogP contribution in [0.4, 0.5) is 0 Å². The van der Waals surface area contributed by atoms with Crippen LogP contribution < -0.4 is 10.8 Å². The highest BCUT2D eigenvalue weighted by atomic mass is 16.5. The van der Waals surface area contributed by atoms with Gasteiger partial charge >= 0.3 is 0 Å². The van der Waals surface area contributed by atoms with Crippen LogP contribution >= 0.6 is 0 Å². The molecule has 1 rings (SSSR count). The Morgan fingerprint density at radius 1 is 1.42 bits per heavy atom. The van der Waals surface area contributed by atoms with E-state index >= 15 is 0 Å². The smallest absolute Gasteiger partial charge is 0.0964 e. The number of rotatable bonds is 1. The zero-order valence-electron chi connectivity index (χ0n) is 8.48. The van der Waals surface area contributed by atoms with Crippen molar-refractivity contribution in [1.29, 1.82) is 0 Å². The van der Waals surface area contributed by atoms with E-state index in [0.29, 0.717) is 17.5 Å². The predicted octanol–water partition coefficient (Wildman–Crippen LogP) is -0.0951. The Balaban J connectivity index is 2.88. The van der Waals surface area contributed by atoms with Gasteiger partial charge in [0, 0.05) is 18.9 Å². The molecule has 0 amide bonds. The minimum Gasteiger partial charge on any atom is -0.634 e. The van der Waals surface area contributed by atoms with E-state index in [9.17, 15) is 5.21 Å². The zero-order valence-corrected chi connectivity index (χ0v) is 8.48. The maximum absolute atomic E-state index is 11.9. The van der Waals surface area contributed by atoms with Crippen molar-refractivity contribution in [2.45, 2.75) is 45.2 Å². The first-order chi connectivity index (χ1) is 5.32. The molecule has 0 spiro atoms. The Hall–Kier alpha value is -0.120. The Morgan fingerprint density at radius 2 is 1.92 bits per heavy atom. The van der Waals surface area contributed by atoms with Crippen molar-refractivity contribution in [2.75, 3.05) is 6.54 Å². The van der Waals surface area contributed by atoms with Crippen LogP contribution in [0.15, 0.2) is 0 Å². The first-order valence-electron chi connectivity index (χ1n) is 4.57. The van der Waals surface area contributed by atoms with E-state index in [0.717, 1.165) is 6.42 Å². The molecule has 0 aromatic carbocycles. The van der Waals surface area contributed by atoms with Crippen molar-refractivity contribution in [3.8, 4) is 0 Å². The van der Waals surface area contributed by atoms with Gasteiger partial charge in [-0.25, -0.2) is 0 Å². The maximum atomic E-state index is 11.9. The minimum atomic E-state index is -0.210. The summed E-state index contributed by atoms with van der Waals surface area (Å²) in [4.78, 5) is 0. The van der Waals surface area contributed by atoms with Gasteiger partial charge in [-0.05, 0) is 27.7 Å². The van der Waals surface area contributed by atoms with Crippen LogP contribution in [0.25, 0.3) is 0 Å². The van der Waals surface area contributed by atoms with Gasteiger partial charge in [0.15, 0.2) is 0 Å². The second-order valence-corrected chi connectivity index (χ2v) is 5.07. The third-order valence-electron chi connectivity index (χ3n) is 3.26. The number of hydroxylamine groups is 2. The molecule has 2 unspecified atom stereocenters. The predicted molar refractivity (Wildman–Crippen MR) is 49.6 cm³/mol. The fourth-order valence-electron chi connectivity index (χ4n) is 2.40. The lowest BCUT2D eigenvalue weighted by Crippen LogP contribution is -3.19. The Kier molecular flexibility index (Phi) is 2.23. The summed E-state index contributed by atoms with van der Waals surface area (Å²) in [5, 5.41) is 12.2. The summed E-state index contributed by atoms with van der Waals surface area (Å²) in [6, 6.07) is 0. The van der Waals surface area contributed by atoms with Crippen molar-refractivity contribution in [3.63, 3.8) is 0 Å². The van der Waals surface area contributed by atoms with Gasteiger partial charge in [-0.2, -0.15) is 0 Å². The summed E-state index contributed by atoms with van der Waals surface area (Å²) in [5.74, 6) is 0.361. The summed E-state index contributed by atoms with van der Waals surface area (Å²) >= 11 is 0. The van der Waals surface area contributed by atoms with Crippen LogP contribution in [0, 0.1) is 11.1 Å². The van der Waals surface area contributed by atoms with Crippen molar-refractivity contribution in [1.82, 2.24) is 0 Å². The fourth-order valence-corrected chi connectivity index (χ4v) is 2.40. The van der Waals surface area contributed by atoms with Crippen LogP contribution in [0.5, 0.6) is 0 Å². The number of quaternary nitrogens is 1. The Bertz CT molecular complexity index is 177. The second-order valence-electron chi connectivity index (χ2n) is 5.07. The van der Waals surface area contributed by atoms with Gasteiger partial charge in [0.2, 0.25) is 0 Å². The molecule has 0 aromatic heterocycles. The number of hydrogen-bond acceptors (Lipinski definition) is 2. The molecule has 0 bridgehead atoms. The van der Waals surface area contributed by atoms with Crippen LogP contribution in [0.2, 0.25) is 0 Å². The summed E-state index contributed by atoms with van der Waals surface area (Å²) in [6.45, 7) is 8.70. The van der Waals surface area contributed by atoms with Gasteiger partial charge in [-0.15, -0.1) is 0 Å². The van der Waals surface area contributed by atoms with Gasteiger partial charge in [-0.1, -0.05) is 0 Å². The van der Waals surface area contributed by atoms with Gasteiger partial charge < -0.3 is 16.0 Å². The van der Waals surface area contributed by atoms with E-state index in [-0.39, 0.29) is 11.1 Å². The Morgan fingerprint density at radius 3 is 2.08 bits per heavy atom. The SMILES string of the molecule is CC1(C)CC(CN)C(C)(C)[NH+]1[O-]. The van der Waals surface area contributed by atoms with E-state index in [2.05, 4.69) is 0 Å². The molecule has 1 aliphatic rings. The average molecular weight is 172 g/mol. The standard InChI is InChI=1S/C9H20N2O/c1-8(2)5-7(6-10)9(3,4)11(8)12/h7,11H,5-6,10H2,1-4H3. The van der Waals surface area contributed by atoms with E-state index in [1.165, 1.54) is 0 Å². The Labute approximate surface area is 74.5 Å². The highest BCUT2D eigenvalue weighted by Crippen LogP contribution is 2.29. The summed E-state index contributed by atoms with van der Waals surface area (Å²) in [5.41, 5.74) is 5.27. The zero-order chi connectivity index (χ0) is 9.57. The number of hydrogen-bond donors (Lipinski definition) is 2. The lowest BCUT2D eigenvalue weighted by molar-refractivity contribution is -0.934. The lowest BCUT2D eigenvalue weighted by Gasteiger charge is -2.41. The summed E-state index contributed by atoms with van der Waals surface area (Å²) in [6.07, 6.45) is 0.940. The van der Waals surface area contributed by atoms with E-state index in [4.69, 9.17) is 5.73 Å². The van der Waals surface area contributed by atoms with Gasteiger partial charge in [0.25, 0.3) is 0 Å². The maximum Gasteiger partial charge on any atom is 0.0964 e. The average Bonchev–Trinajstić information content (AvgIpc) is 2.11. The highest BCUT2D eigenvalue weighted by Gasteiger charge is 2.50. The largest absolute Gasteiger partial charge is 0.634 e. The monoisotopic (exact) mass is 172 g/mol. The molecule has 0 aliphatic carbocycles. The van der Waals surface area contributed by atoms with E-state index < -0.39 is 0 Å². The van der Waals surface area contributed by atoms with Crippen molar-refractivity contribution in [2.24, 2.45) is 11.7 Å². The molecule has 12 heavy (non-hydrogen) atoms. The van der Waals surface area contributed by atoms with Crippen molar-refractivity contribution in [3.05, 3.63) is 5.21 Å². The number of nitrogens with one attached hydrogen (secondary N) is 1. The molecule has 1 aliphatic heterocycles. The molecule has 3 N–H and O–H groups in total. The molecule has 3 heteroatoms. The molecule has 1 fully saturated rings. The molecular formula is C9H20N2O. The molecular weight excluding hydrogens is 152 g/mol. The molecule has 72 valence electrons. The lowest BCUT2D eigenvalue weighted by atomic mass is 9.87. The van der Waals surface area contributed by atoms with Gasteiger partial charge in [-0.3, -0.25) is 0 Å². The van der Waals surface area contributed by atoms with Crippen LogP contribution in [-0.4, -0.2) is 17.6 Å². The number of nitrogens with two attached hydrogens (primary N) is 1. The van der Waals surface area contributed by atoms with Crippen LogP contribution in [-0.2, 0) is 0 Å². The molecule has 1 heterocycles. The van der Waals surface area contributed by atoms with Crippen LogP contribution in [0.3, 0.4) is 0 Å². The molecule has 0 aromatic rings. The molecule has 0 saturated carbocycles. The highest BCUT2D eigenvalue weighted by molar-refractivity contribution is 4.92. The quantitative estimate of drug-likeness (QED) is 0.543. The molecule has 1 saturated heterocycles. The summed E-state index contributed by atoms with van der Waals surface area (Å²) in [7, 11) is 0. The first-order valence-corrected chi connectivity index (χ1v) is 4.57. The minimum absolute atomic E-state index is 0.159. The third kappa shape index (κ3) is 1.26. The molecule has 3 nitrogen and oxygen atoms in total. The molecule has 2 atom stereocenters. The van der Waals surface area contributed by atoms with Crippen molar-refractivity contribution >= 4 is 0 Å². The van der Waals surface area contributed by atoms with Gasteiger partial charge in [0.05, 0.1) is 11.1 Å². The third-order valence-corrected chi connectivity index (χ3v) is 3.26. The summed E-state index contributed by atoms with van der Waals surface area (Å²) < 4.78 is 0. The van der Waals surface area contributed by atoms with Crippen LogP contribution in [0.1, 0.15) is 34.1 Å². The first kappa shape index (κ1) is 9.96. The van der Waals surface area contributed by atoms with Gasteiger partial charge in [0.1, 0.15) is 0 Å². The van der Waals surface area contributed by atoms with E-state index in [1.54, 1.807) is 0 Å². The molecule has 0 radical (unpaired) electrons. The normalized spacial score (nSPS) is 38.5. The second kappa shape index (κ2) is 2.69. The fraction of sp³-hybridized carbons (Fsp3) is 1.00. The van der Waals surface area contributed by atoms with Crippen molar-refractivity contribution < 1.29 is 5.06 Å².